The molecule has 6 aromatic rings. The molecular weight excluding hydrogens is 625 g/mol. The van der Waals surface area contributed by atoms with Gasteiger partial charge in [-0.05, 0) is 77.2 Å². The standard InChI is InChI=1S/C34H25ClFN7O4/c1-41-28-13-10-20(16-21(28)17-37-41)23-4-2-5-25-24(23)14-15-42(31(25)32(44)38-22-11-8-19(9-12-22)34(46)47)33(45)27-18-43(40-39-27)29-7-3-6-26(35)30(29)36/h2-13,16-18,31H,14-15H2,1H3,(H,38,44)(H,46,47). The molecule has 4 aromatic carbocycles. The molecule has 47 heavy (non-hydrogen) atoms. The Morgan fingerprint density at radius 2 is 1.81 bits per heavy atom. The summed E-state index contributed by atoms with van der Waals surface area (Å²) in [6.45, 7) is 0.173. The van der Waals surface area contributed by atoms with Gasteiger partial charge in [0.15, 0.2) is 11.5 Å². The van der Waals surface area contributed by atoms with Gasteiger partial charge in [-0.1, -0.05) is 47.1 Å². The fourth-order valence-corrected chi connectivity index (χ4v) is 6.14. The number of carboxylic acids is 1. The predicted molar refractivity (Wildman–Crippen MR) is 172 cm³/mol. The van der Waals surface area contributed by atoms with Crippen molar-refractivity contribution < 1.29 is 23.9 Å². The van der Waals surface area contributed by atoms with E-state index in [4.69, 9.17) is 11.6 Å². The minimum absolute atomic E-state index is 0.0161. The van der Waals surface area contributed by atoms with Gasteiger partial charge in [0.1, 0.15) is 11.7 Å². The van der Waals surface area contributed by atoms with E-state index in [1.165, 1.54) is 47.5 Å². The number of nitrogens with zero attached hydrogens (tertiary/aromatic N) is 6. The maximum absolute atomic E-state index is 14.7. The molecule has 1 unspecified atom stereocenters. The van der Waals surface area contributed by atoms with Crippen molar-refractivity contribution in [1.29, 1.82) is 0 Å². The molecule has 0 saturated heterocycles. The second-order valence-electron chi connectivity index (χ2n) is 11.1. The van der Waals surface area contributed by atoms with Crippen molar-refractivity contribution in [2.75, 3.05) is 11.9 Å². The Morgan fingerprint density at radius 1 is 1.02 bits per heavy atom. The lowest BCUT2D eigenvalue weighted by Crippen LogP contribution is -2.45. The predicted octanol–water partition coefficient (Wildman–Crippen LogP) is 5.69. The van der Waals surface area contributed by atoms with Gasteiger partial charge in [0, 0.05) is 24.7 Å². The Balaban J connectivity index is 1.28. The average molecular weight is 650 g/mol. The van der Waals surface area contributed by atoms with Crippen LogP contribution >= 0.6 is 11.6 Å². The van der Waals surface area contributed by atoms with Crippen LogP contribution in [-0.2, 0) is 18.3 Å². The summed E-state index contributed by atoms with van der Waals surface area (Å²) in [5, 5.41) is 25.3. The Hall–Kier alpha value is -5.88. The number of amides is 2. The van der Waals surface area contributed by atoms with Crippen molar-refractivity contribution >= 4 is 46.0 Å². The number of nitrogens with one attached hydrogen (secondary N) is 1. The van der Waals surface area contributed by atoms with Crippen LogP contribution in [0.3, 0.4) is 0 Å². The molecule has 2 N–H and O–H groups in total. The second kappa shape index (κ2) is 11.8. The summed E-state index contributed by atoms with van der Waals surface area (Å²) in [4.78, 5) is 40.9. The molecule has 234 valence electrons. The number of carbonyl (C=O) groups excluding carboxylic acids is 2. The van der Waals surface area contributed by atoms with Crippen molar-refractivity contribution in [1.82, 2.24) is 29.7 Å². The molecule has 1 aliphatic rings. The van der Waals surface area contributed by atoms with E-state index in [-0.39, 0.29) is 28.5 Å². The highest BCUT2D eigenvalue weighted by Crippen LogP contribution is 2.38. The van der Waals surface area contributed by atoms with Crippen LogP contribution in [0.25, 0.3) is 27.7 Å². The number of benzene rings is 4. The Labute approximate surface area is 271 Å². The number of halogens is 2. The third-order valence-electron chi connectivity index (χ3n) is 8.28. The number of hydrogen-bond acceptors (Lipinski definition) is 6. The van der Waals surface area contributed by atoms with E-state index in [0.717, 1.165) is 32.3 Å². The molecule has 3 heterocycles. The Kier molecular flexibility index (Phi) is 7.49. The number of carboxylic acid groups (broad SMARTS) is 1. The minimum atomic E-state index is -1.09. The van der Waals surface area contributed by atoms with E-state index in [1.807, 2.05) is 43.4 Å². The van der Waals surface area contributed by atoms with Crippen molar-refractivity contribution in [2.45, 2.75) is 12.5 Å². The number of aromatic nitrogens is 5. The molecule has 0 saturated carbocycles. The largest absolute Gasteiger partial charge is 0.478 e. The van der Waals surface area contributed by atoms with Crippen LogP contribution in [0.2, 0.25) is 5.02 Å². The molecule has 0 spiro atoms. The highest BCUT2D eigenvalue weighted by Gasteiger charge is 2.38. The van der Waals surface area contributed by atoms with Gasteiger partial charge in [0.2, 0.25) is 0 Å². The number of fused-ring (bicyclic) bond motifs is 2. The molecular formula is C34H25ClFN7O4. The fourth-order valence-electron chi connectivity index (χ4n) is 5.98. The quantitative estimate of drug-likeness (QED) is 0.237. The smallest absolute Gasteiger partial charge is 0.335 e. The molecule has 11 nitrogen and oxygen atoms in total. The summed E-state index contributed by atoms with van der Waals surface area (Å²) in [5.74, 6) is -2.89. The summed E-state index contributed by atoms with van der Waals surface area (Å²) in [6.07, 6.45) is 3.53. The number of rotatable bonds is 6. The zero-order chi connectivity index (χ0) is 32.8. The van der Waals surface area contributed by atoms with Crippen LogP contribution in [-0.4, -0.2) is 59.1 Å². The number of carbonyl (C=O) groups is 3. The zero-order valence-corrected chi connectivity index (χ0v) is 25.5. The third kappa shape index (κ3) is 5.38. The average Bonchev–Trinajstić information content (AvgIpc) is 3.72. The van der Waals surface area contributed by atoms with Crippen LogP contribution in [0.1, 0.15) is 38.0 Å². The first kappa shape index (κ1) is 29.8. The first-order chi connectivity index (χ1) is 22.7. The normalized spacial score (nSPS) is 14.2. The molecule has 1 atom stereocenters. The fraction of sp³-hybridized carbons (Fsp3) is 0.118. The molecule has 13 heteroatoms. The summed E-state index contributed by atoms with van der Waals surface area (Å²) in [6, 6.07) is 20.8. The van der Waals surface area contributed by atoms with Crippen molar-refractivity contribution in [3.63, 3.8) is 0 Å². The number of aromatic carboxylic acids is 1. The van der Waals surface area contributed by atoms with E-state index < -0.39 is 29.6 Å². The summed E-state index contributed by atoms with van der Waals surface area (Å²) in [5.41, 5.74) is 4.73. The minimum Gasteiger partial charge on any atom is -0.478 e. The molecule has 0 fully saturated rings. The Morgan fingerprint density at radius 3 is 2.60 bits per heavy atom. The topological polar surface area (TPSA) is 135 Å². The summed E-state index contributed by atoms with van der Waals surface area (Å²) in [7, 11) is 1.88. The van der Waals surface area contributed by atoms with Gasteiger partial charge < -0.3 is 15.3 Å². The summed E-state index contributed by atoms with van der Waals surface area (Å²) >= 11 is 5.94. The third-order valence-corrected chi connectivity index (χ3v) is 8.57. The Bertz CT molecular complexity index is 2210. The molecule has 0 radical (unpaired) electrons. The van der Waals surface area contributed by atoms with Gasteiger partial charge in [0.25, 0.3) is 11.8 Å². The zero-order valence-electron chi connectivity index (χ0n) is 24.8. The van der Waals surface area contributed by atoms with Gasteiger partial charge in [-0.15, -0.1) is 5.10 Å². The van der Waals surface area contributed by atoms with Gasteiger partial charge in [-0.25, -0.2) is 13.9 Å². The monoisotopic (exact) mass is 649 g/mol. The number of aryl methyl sites for hydroxylation is 1. The van der Waals surface area contributed by atoms with Gasteiger partial charge >= 0.3 is 5.97 Å². The van der Waals surface area contributed by atoms with Crippen LogP contribution in [0, 0.1) is 5.82 Å². The first-order valence-corrected chi connectivity index (χ1v) is 14.9. The van der Waals surface area contributed by atoms with Gasteiger partial charge in [-0.3, -0.25) is 14.3 Å². The maximum atomic E-state index is 14.7. The van der Waals surface area contributed by atoms with Crippen LogP contribution in [0.15, 0.2) is 91.3 Å². The van der Waals surface area contributed by atoms with Crippen molar-refractivity contribution in [2.24, 2.45) is 7.05 Å². The van der Waals surface area contributed by atoms with Crippen LogP contribution in [0.5, 0.6) is 0 Å². The molecule has 0 aliphatic carbocycles. The number of anilines is 1. The number of hydrogen-bond donors (Lipinski definition) is 2. The molecule has 1 aliphatic heterocycles. The van der Waals surface area contributed by atoms with E-state index >= 15 is 0 Å². The van der Waals surface area contributed by atoms with E-state index in [1.54, 1.807) is 16.9 Å². The second-order valence-corrected chi connectivity index (χ2v) is 11.5. The molecule has 2 amide bonds. The lowest BCUT2D eigenvalue weighted by atomic mass is 9.85. The van der Waals surface area contributed by atoms with Gasteiger partial charge in [-0.2, -0.15) is 5.10 Å². The van der Waals surface area contributed by atoms with Crippen LogP contribution < -0.4 is 5.32 Å². The van der Waals surface area contributed by atoms with E-state index in [9.17, 15) is 23.9 Å². The molecule has 7 rings (SSSR count). The first-order valence-electron chi connectivity index (χ1n) is 14.6. The SMILES string of the molecule is Cn1ncc2cc(-c3cccc4c3CCN(C(=O)c3cn(-c5cccc(Cl)c5F)nn3)C4C(=O)Nc3ccc(C(=O)O)cc3)ccc21. The van der Waals surface area contributed by atoms with Crippen molar-refractivity contribution in [3.8, 4) is 16.8 Å². The van der Waals surface area contributed by atoms with E-state index in [2.05, 4.69) is 20.7 Å². The van der Waals surface area contributed by atoms with Crippen molar-refractivity contribution in [3.05, 3.63) is 124 Å². The highest BCUT2D eigenvalue weighted by molar-refractivity contribution is 6.30. The summed E-state index contributed by atoms with van der Waals surface area (Å²) < 4.78 is 17.6. The van der Waals surface area contributed by atoms with Gasteiger partial charge in [0.05, 0.1) is 28.5 Å². The van der Waals surface area contributed by atoms with Crippen LogP contribution in [0.4, 0.5) is 10.1 Å². The lowest BCUT2D eigenvalue weighted by Gasteiger charge is -2.37. The van der Waals surface area contributed by atoms with E-state index in [0.29, 0.717) is 17.7 Å². The highest BCUT2D eigenvalue weighted by atomic mass is 35.5. The molecule has 2 aromatic heterocycles. The maximum Gasteiger partial charge on any atom is 0.335 e. The lowest BCUT2D eigenvalue weighted by molar-refractivity contribution is -0.121. The molecule has 0 bridgehead atoms.